The quantitative estimate of drug-likeness (QED) is 0.795. The molecule has 0 aliphatic carbocycles. The Hall–Kier alpha value is -0.830. The average Bonchev–Trinajstić information content (AvgIpc) is 2.42. The summed E-state index contributed by atoms with van der Waals surface area (Å²) >= 11 is 12.1. The van der Waals surface area contributed by atoms with Crippen LogP contribution in [0.1, 0.15) is 11.1 Å². The van der Waals surface area contributed by atoms with Crippen LogP contribution in [-0.4, -0.2) is 9.96 Å². The minimum atomic E-state index is -0.961. The Bertz CT molecular complexity index is 549. The highest BCUT2D eigenvalue weighted by molar-refractivity contribution is 7.84. The topological polar surface area (TPSA) is 17.1 Å². The second-order valence-electron chi connectivity index (χ2n) is 4.22. The third-order valence-corrected chi connectivity index (χ3v) is 4.81. The second-order valence-corrected chi connectivity index (χ2v) is 6.62. The van der Waals surface area contributed by atoms with Crippen LogP contribution in [-0.2, 0) is 23.0 Å². The van der Waals surface area contributed by atoms with Crippen LogP contribution in [0.2, 0.25) is 10.0 Å². The predicted octanol–water partition coefficient (Wildman–Crippen LogP) is 4.48. The van der Waals surface area contributed by atoms with Gasteiger partial charge in [-0.25, -0.2) is 0 Å². The molecule has 1 atom stereocenters. The van der Waals surface area contributed by atoms with Crippen molar-refractivity contribution in [2.24, 2.45) is 0 Å². The van der Waals surface area contributed by atoms with E-state index in [4.69, 9.17) is 23.2 Å². The molecule has 0 saturated carbocycles. The maximum Gasteiger partial charge on any atom is 0.0515 e. The highest BCUT2D eigenvalue weighted by atomic mass is 35.5. The van der Waals surface area contributed by atoms with Gasteiger partial charge in [0.05, 0.1) is 5.75 Å². The molecule has 100 valence electrons. The summed E-state index contributed by atoms with van der Waals surface area (Å²) < 4.78 is 12.1. The minimum absolute atomic E-state index is 0.408. The smallest absolute Gasteiger partial charge is 0.0515 e. The molecule has 0 aromatic heterocycles. The number of benzene rings is 2. The molecule has 0 amide bonds. The van der Waals surface area contributed by atoms with Crippen LogP contribution in [0.25, 0.3) is 0 Å². The second kappa shape index (κ2) is 7.09. The van der Waals surface area contributed by atoms with Crippen LogP contribution in [0.5, 0.6) is 0 Å². The van der Waals surface area contributed by atoms with Crippen molar-refractivity contribution in [3.63, 3.8) is 0 Å². The Morgan fingerprint density at radius 1 is 0.895 bits per heavy atom. The van der Waals surface area contributed by atoms with Gasteiger partial charge in [0.1, 0.15) is 0 Å². The zero-order chi connectivity index (χ0) is 13.7. The molecule has 0 aliphatic rings. The molecule has 0 fully saturated rings. The average molecular weight is 313 g/mol. The molecular weight excluding hydrogens is 299 g/mol. The van der Waals surface area contributed by atoms with Crippen LogP contribution in [0.4, 0.5) is 0 Å². The first-order chi connectivity index (χ1) is 9.16. The van der Waals surface area contributed by atoms with Gasteiger partial charge in [0.15, 0.2) is 0 Å². The Kier molecular flexibility index (Phi) is 5.44. The van der Waals surface area contributed by atoms with E-state index in [9.17, 15) is 4.21 Å². The summed E-state index contributed by atoms with van der Waals surface area (Å²) in [4.78, 5) is 0. The van der Waals surface area contributed by atoms with Crippen molar-refractivity contribution in [2.75, 3.05) is 5.75 Å². The minimum Gasteiger partial charge on any atom is -0.259 e. The van der Waals surface area contributed by atoms with E-state index in [1.807, 2.05) is 30.3 Å². The molecule has 0 heterocycles. The summed E-state index contributed by atoms with van der Waals surface area (Å²) in [5.41, 5.74) is 1.97. The first-order valence-corrected chi connectivity index (χ1v) is 8.23. The van der Waals surface area contributed by atoms with Crippen molar-refractivity contribution < 1.29 is 4.21 Å². The maximum absolute atomic E-state index is 12.1. The van der Waals surface area contributed by atoms with Crippen molar-refractivity contribution in [1.82, 2.24) is 0 Å². The fourth-order valence-electron chi connectivity index (χ4n) is 1.78. The maximum atomic E-state index is 12.1. The fraction of sp³-hybridized carbons (Fsp3) is 0.200. The van der Waals surface area contributed by atoms with E-state index in [0.29, 0.717) is 21.6 Å². The number of hydrogen-bond acceptors (Lipinski definition) is 1. The molecule has 19 heavy (non-hydrogen) atoms. The molecule has 1 nitrogen and oxygen atoms in total. The van der Waals surface area contributed by atoms with Gasteiger partial charge in [0, 0.05) is 32.2 Å². The van der Waals surface area contributed by atoms with Gasteiger partial charge in [0.25, 0.3) is 0 Å². The highest BCUT2D eigenvalue weighted by Crippen LogP contribution is 2.25. The van der Waals surface area contributed by atoms with E-state index in [-0.39, 0.29) is 0 Å². The van der Waals surface area contributed by atoms with Crippen LogP contribution in [0.3, 0.4) is 0 Å². The van der Waals surface area contributed by atoms with Gasteiger partial charge in [-0.05, 0) is 24.1 Å². The van der Waals surface area contributed by atoms with Gasteiger partial charge in [0.2, 0.25) is 0 Å². The standard InChI is InChI=1S/C15H14Cl2OS/c16-14-7-4-8-15(17)13(14)11-19(18)10-9-12-5-2-1-3-6-12/h1-8H,9-11H2. The third-order valence-electron chi connectivity index (χ3n) is 2.83. The van der Waals surface area contributed by atoms with E-state index in [2.05, 4.69) is 0 Å². The third kappa shape index (κ3) is 4.34. The molecule has 0 aliphatic heterocycles. The van der Waals surface area contributed by atoms with Gasteiger partial charge < -0.3 is 0 Å². The lowest BCUT2D eigenvalue weighted by molar-refractivity contribution is 0.682. The highest BCUT2D eigenvalue weighted by Gasteiger charge is 2.09. The van der Waals surface area contributed by atoms with Crippen LogP contribution in [0.15, 0.2) is 48.5 Å². The van der Waals surface area contributed by atoms with E-state index in [0.717, 1.165) is 12.0 Å². The molecule has 1 unspecified atom stereocenters. The zero-order valence-electron chi connectivity index (χ0n) is 10.3. The summed E-state index contributed by atoms with van der Waals surface area (Å²) in [7, 11) is -0.961. The summed E-state index contributed by atoms with van der Waals surface area (Å²) in [5.74, 6) is 1.02. The number of aryl methyl sites for hydroxylation is 1. The molecule has 0 spiro atoms. The predicted molar refractivity (Wildman–Crippen MR) is 83.3 cm³/mol. The Morgan fingerprint density at radius 3 is 2.16 bits per heavy atom. The molecule has 0 bridgehead atoms. The Morgan fingerprint density at radius 2 is 1.53 bits per heavy atom. The Labute approximate surface area is 126 Å². The van der Waals surface area contributed by atoms with E-state index < -0.39 is 10.8 Å². The molecule has 0 radical (unpaired) electrons. The van der Waals surface area contributed by atoms with Gasteiger partial charge in [-0.2, -0.15) is 0 Å². The summed E-state index contributed by atoms with van der Waals surface area (Å²) in [6.07, 6.45) is 0.801. The van der Waals surface area contributed by atoms with Crippen molar-refractivity contribution in [3.05, 3.63) is 69.7 Å². The number of halogens is 2. The Balaban J connectivity index is 1.95. The molecule has 2 rings (SSSR count). The first kappa shape index (κ1) is 14.6. The number of hydrogen-bond donors (Lipinski definition) is 0. The van der Waals surface area contributed by atoms with Crippen molar-refractivity contribution >= 4 is 34.0 Å². The fourth-order valence-corrected chi connectivity index (χ4v) is 3.71. The summed E-state index contributed by atoms with van der Waals surface area (Å²) in [6, 6.07) is 15.4. The first-order valence-electron chi connectivity index (χ1n) is 5.98. The van der Waals surface area contributed by atoms with Crippen LogP contribution in [0, 0.1) is 0 Å². The molecule has 2 aromatic carbocycles. The molecule has 2 aromatic rings. The van der Waals surface area contributed by atoms with Crippen molar-refractivity contribution in [3.8, 4) is 0 Å². The van der Waals surface area contributed by atoms with Gasteiger partial charge >= 0.3 is 0 Å². The monoisotopic (exact) mass is 312 g/mol. The van der Waals surface area contributed by atoms with E-state index >= 15 is 0 Å². The lowest BCUT2D eigenvalue weighted by atomic mass is 10.2. The lowest BCUT2D eigenvalue weighted by Crippen LogP contribution is -2.04. The molecule has 4 heteroatoms. The van der Waals surface area contributed by atoms with Gasteiger partial charge in [-0.1, -0.05) is 59.6 Å². The largest absolute Gasteiger partial charge is 0.259 e. The zero-order valence-corrected chi connectivity index (χ0v) is 12.6. The van der Waals surface area contributed by atoms with Crippen molar-refractivity contribution in [2.45, 2.75) is 12.2 Å². The normalized spacial score (nSPS) is 12.3. The molecule has 0 N–H and O–H groups in total. The van der Waals surface area contributed by atoms with Crippen LogP contribution >= 0.6 is 23.2 Å². The van der Waals surface area contributed by atoms with E-state index in [1.54, 1.807) is 18.2 Å². The van der Waals surface area contributed by atoms with Crippen molar-refractivity contribution in [1.29, 1.82) is 0 Å². The molecule has 0 saturated heterocycles. The van der Waals surface area contributed by atoms with Crippen LogP contribution < -0.4 is 0 Å². The SMILES string of the molecule is O=S(CCc1ccccc1)Cc1c(Cl)cccc1Cl. The summed E-state index contributed by atoms with van der Waals surface area (Å²) in [5, 5.41) is 1.17. The van der Waals surface area contributed by atoms with Gasteiger partial charge in [-0.15, -0.1) is 0 Å². The van der Waals surface area contributed by atoms with Gasteiger partial charge in [-0.3, -0.25) is 4.21 Å². The van der Waals surface area contributed by atoms with E-state index in [1.165, 1.54) is 5.56 Å². The molecular formula is C15H14Cl2OS. The summed E-state index contributed by atoms with van der Waals surface area (Å²) in [6.45, 7) is 0. The number of rotatable bonds is 5. The lowest BCUT2D eigenvalue weighted by Gasteiger charge is -2.07.